The van der Waals surface area contributed by atoms with Crippen LogP contribution in [0.4, 0.5) is 0 Å². The molecule has 16 heavy (non-hydrogen) atoms. The van der Waals surface area contributed by atoms with Gasteiger partial charge in [0.2, 0.25) is 5.91 Å². The van der Waals surface area contributed by atoms with Crippen LogP contribution in [-0.2, 0) is 9.59 Å². The molecule has 0 saturated heterocycles. The maximum Gasteiger partial charge on any atom is 0.224 e. The van der Waals surface area contributed by atoms with Crippen LogP contribution in [0.2, 0.25) is 0 Å². The third-order valence-corrected chi connectivity index (χ3v) is 2.80. The first-order valence-electron chi connectivity index (χ1n) is 6.07. The molecule has 4 heteroatoms. The number of thiol groups is 1. The molecule has 0 radical (unpaired) electrons. The number of carbonyl (C=O) groups is 2. The molecule has 0 heterocycles. The molecule has 0 atom stereocenters. The van der Waals surface area contributed by atoms with Crippen molar-refractivity contribution in [1.82, 2.24) is 0 Å². The van der Waals surface area contributed by atoms with Crippen molar-refractivity contribution < 1.29 is 9.59 Å². The van der Waals surface area contributed by atoms with Crippen molar-refractivity contribution in [3.63, 3.8) is 0 Å². The summed E-state index contributed by atoms with van der Waals surface area (Å²) in [4.78, 5) is 21.6. The standard InChI is InChI=1S/C12H23NO2S/c13-12(15)10-11(14)8-6-4-2-1-3-5-7-9-16/h16H,1-10H2,(H2,13,15). The Hall–Kier alpha value is -0.510. The van der Waals surface area contributed by atoms with E-state index in [0.29, 0.717) is 6.42 Å². The van der Waals surface area contributed by atoms with Crippen LogP contribution in [-0.4, -0.2) is 17.4 Å². The Kier molecular flexibility index (Phi) is 10.6. The van der Waals surface area contributed by atoms with E-state index in [4.69, 9.17) is 5.73 Å². The second kappa shape index (κ2) is 11.0. The largest absolute Gasteiger partial charge is 0.369 e. The van der Waals surface area contributed by atoms with Crippen molar-refractivity contribution >= 4 is 24.3 Å². The van der Waals surface area contributed by atoms with Gasteiger partial charge in [-0.3, -0.25) is 9.59 Å². The lowest BCUT2D eigenvalue weighted by molar-refractivity contribution is -0.126. The van der Waals surface area contributed by atoms with Gasteiger partial charge in [0.05, 0.1) is 6.42 Å². The van der Waals surface area contributed by atoms with Gasteiger partial charge in [-0.1, -0.05) is 32.1 Å². The first-order chi connectivity index (χ1) is 7.66. The molecule has 0 spiro atoms. The zero-order valence-electron chi connectivity index (χ0n) is 9.91. The van der Waals surface area contributed by atoms with Crippen LogP contribution in [0.3, 0.4) is 0 Å². The first kappa shape index (κ1) is 15.5. The highest BCUT2D eigenvalue weighted by molar-refractivity contribution is 7.80. The third-order valence-electron chi connectivity index (χ3n) is 2.49. The number of Topliss-reactive ketones (excluding diaryl/α,β-unsaturated/α-hetero) is 1. The van der Waals surface area contributed by atoms with E-state index < -0.39 is 5.91 Å². The average Bonchev–Trinajstić information content (AvgIpc) is 2.21. The molecule has 0 aliphatic rings. The predicted molar refractivity (Wildman–Crippen MR) is 69.6 cm³/mol. The summed E-state index contributed by atoms with van der Waals surface area (Å²) in [5.41, 5.74) is 4.93. The molecule has 3 nitrogen and oxygen atoms in total. The first-order valence-corrected chi connectivity index (χ1v) is 6.71. The van der Waals surface area contributed by atoms with Gasteiger partial charge >= 0.3 is 0 Å². The van der Waals surface area contributed by atoms with Crippen LogP contribution in [0.1, 0.15) is 57.8 Å². The molecule has 94 valence electrons. The number of hydrogen-bond donors (Lipinski definition) is 2. The Morgan fingerprint density at radius 3 is 1.88 bits per heavy atom. The summed E-state index contributed by atoms with van der Waals surface area (Å²) in [6, 6.07) is 0. The summed E-state index contributed by atoms with van der Waals surface area (Å²) < 4.78 is 0. The number of hydrogen-bond acceptors (Lipinski definition) is 3. The molecule has 0 aromatic carbocycles. The zero-order valence-corrected chi connectivity index (χ0v) is 10.8. The molecule has 0 unspecified atom stereocenters. The molecule has 2 N–H and O–H groups in total. The number of unbranched alkanes of at least 4 members (excludes halogenated alkanes) is 6. The SMILES string of the molecule is NC(=O)CC(=O)CCCCCCCCCS. The molecule has 0 aliphatic heterocycles. The molecular formula is C12H23NO2S. The number of carbonyl (C=O) groups excluding carboxylic acids is 2. The number of primary amides is 1. The van der Waals surface area contributed by atoms with E-state index in [2.05, 4.69) is 12.6 Å². The number of ketones is 1. The molecule has 0 aromatic rings. The van der Waals surface area contributed by atoms with Gasteiger partial charge in [0.25, 0.3) is 0 Å². The van der Waals surface area contributed by atoms with E-state index in [1.165, 1.54) is 32.1 Å². The molecule has 0 bridgehead atoms. The fourth-order valence-corrected chi connectivity index (χ4v) is 1.82. The highest BCUT2D eigenvalue weighted by Gasteiger charge is 2.04. The summed E-state index contributed by atoms with van der Waals surface area (Å²) in [6.07, 6.45) is 8.49. The fourth-order valence-electron chi connectivity index (χ4n) is 1.60. The van der Waals surface area contributed by atoms with Crippen molar-refractivity contribution in [3.05, 3.63) is 0 Å². The Morgan fingerprint density at radius 1 is 0.875 bits per heavy atom. The lowest BCUT2D eigenvalue weighted by atomic mass is 10.1. The topological polar surface area (TPSA) is 60.2 Å². The zero-order chi connectivity index (χ0) is 12.2. The Bertz CT molecular complexity index is 207. The molecule has 0 aromatic heterocycles. The normalized spacial score (nSPS) is 10.3. The van der Waals surface area contributed by atoms with Gasteiger partial charge in [-0.15, -0.1) is 0 Å². The minimum Gasteiger partial charge on any atom is -0.369 e. The minimum atomic E-state index is -0.517. The van der Waals surface area contributed by atoms with Gasteiger partial charge in [-0.25, -0.2) is 0 Å². The van der Waals surface area contributed by atoms with Crippen LogP contribution >= 0.6 is 12.6 Å². The molecule has 0 aliphatic carbocycles. The summed E-state index contributed by atoms with van der Waals surface area (Å²) in [5.74, 6) is 0.432. The summed E-state index contributed by atoms with van der Waals surface area (Å²) in [5, 5.41) is 0. The maximum atomic E-state index is 11.1. The predicted octanol–water partition coefficient (Wildman–Crippen LogP) is 2.48. The smallest absolute Gasteiger partial charge is 0.224 e. The van der Waals surface area contributed by atoms with E-state index in [1.54, 1.807) is 0 Å². The van der Waals surface area contributed by atoms with Crippen LogP contribution in [0.15, 0.2) is 0 Å². The molecule has 0 rings (SSSR count). The fraction of sp³-hybridized carbons (Fsp3) is 0.833. The second-order valence-electron chi connectivity index (χ2n) is 4.13. The highest BCUT2D eigenvalue weighted by Crippen LogP contribution is 2.09. The Balaban J connectivity index is 3.14. The molecule has 1 amide bonds. The Labute approximate surface area is 104 Å². The lowest BCUT2D eigenvalue weighted by Crippen LogP contribution is -2.15. The second-order valence-corrected chi connectivity index (χ2v) is 4.58. The van der Waals surface area contributed by atoms with Gasteiger partial charge in [0.15, 0.2) is 0 Å². The van der Waals surface area contributed by atoms with Gasteiger partial charge in [-0.05, 0) is 18.6 Å². The van der Waals surface area contributed by atoms with Crippen LogP contribution in [0, 0.1) is 0 Å². The molecular weight excluding hydrogens is 222 g/mol. The van der Waals surface area contributed by atoms with Crippen molar-refractivity contribution in [3.8, 4) is 0 Å². The van der Waals surface area contributed by atoms with Crippen LogP contribution in [0.5, 0.6) is 0 Å². The summed E-state index contributed by atoms with van der Waals surface area (Å²) in [6.45, 7) is 0. The number of rotatable bonds is 11. The van der Waals surface area contributed by atoms with Gasteiger partial charge < -0.3 is 5.73 Å². The van der Waals surface area contributed by atoms with Crippen molar-refractivity contribution in [2.45, 2.75) is 57.8 Å². The van der Waals surface area contributed by atoms with Crippen molar-refractivity contribution in [2.24, 2.45) is 5.73 Å². The van der Waals surface area contributed by atoms with E-state index >= 15 is 0 Å². The van der Waals surface area contributed by atoms with Crippen LogP contribution < -0.4 is 5.73 Å². The van der Waals surface area contributed by atoms with Crippen LogP contribution in [0.25, 0.3) is 0 Å². The monoisotopic (exact) mass is 245 g/mol. The van der Waals surface area contributed by atoms with Gasteiger partial charge in [-0.2, -0.15) is 12.6 Å². The molecule has 0 saturated carbocycles. The van der Waals surface area contributed by atoms with E-state index in [-0.39, 0.29) is 12.2 Å². The van der Waals surface area contributed by atoms with E-state index in [1.807, 2.05) is 0 Å². The van der Waals surface area contributed by atoms with Gasteiger partial charge in [0, 0.05) is 6.42 Å². The molecule has 0 fully saturated rings. The highest BCUT2D eigenvalue weighted by atomic mass is 32.1. The minimum absolute atomic E-state index is 0.0254. The van der Waals surface area contributed by atoms with Gasteiger partial charge in [0.1, 0.15) is 5.78 Å². The van der Waals surface area contributed by atoms with E-state index in [9.17, 15) is 9.59 Å². The van der Waals surface area contributed by atoms with Crippen molar-refractivity contribution in [2.75, 3.05) is 5.75 Å². The lowest BCUT2D eigenvalue weighted by Gasteiger charge is -2.00. The quantitative estimate of drug-likeness (QED) is 0.334. The number of nitrogens with two attached hydrogens (primary N) is 1. The maximum absolute atomic E-state index is 11.1. The van der Waals surface area contributed by atoms with Crippen molar-refractivity contribution in [1.29, 1.82) is 0 Å². The summed E-state index contributed by atoms with van der Waals surface area (Å²) in [7, 11) is 0. The third kappa shape index (κ3) is 11.6. The average molecular weight is 245 g/mol. The summed E-state index contributed by atoms with van der Waals surface area (Å²) >= 11 is 4.15. The Morgan fingerprint density at radius 2 is 1.38 bits per heavy atom. The van der Waals surface area contributed by atoms with E-state index in [0.717, 1.165) is 18.6 Å². The number of amides is 1.